The molecule has 2 atom stereocenters. The molecule has 0 spiro atoms. The minimum Gasteiger partial charge on any atom is -0.269 e. The van der Waals surface area contributed by atoms with E-state index in [0.29, 0.717) is 6.07 Å². The van der Waals surface area contributed by atoms with Crippen LogP contribution in [0.2, 0.25) is 0 Å². The van der Waals surface area contributed by atoms with Crippen molar-refractivity contribution in [1.82, 2.24) is 14.3 Å². The van der Waals surface area contributed by atoms with Crippen molar-refractivity contribution in [1.29, 1.82) is 0 Å². The minimum absolute atomic E-state index is 0.0783. The second kappa shape index (κ2) is 5.68. The van der Waals surface area contributed by atoms with Crippen molar-refractivity contribution < 1.29 is 17.6 Å². The lowest BCUT2D eigenvalue weighted by Crippen LogP contribution is -2.27. The second-order valence-corrected chi connectivity index (χ2v) is 5.42. The number of hydrogen-bond acceptors (Lipinski definition) is 2. The fraction of sp³-hybridized carbons (Fsp3) is 0.333. The Morgan fingerprint density at radius 3 is 2.57 bits per heavy atom. The molecular weight excluding hydrogens is 314 g/mol. The van der Waals surface area contributed by atoms with Crippen LogP contribution in [0.3, 0.4) is 0 Å². The Morgan fingerprint density at radius 2 is 1.96 bits per heavy atom. The Balaban J connectivity index is 2.02. The number of fused-ring (bicyclic) bond motifs is 1. The summed E-state index contributed by atoms with van der Waals surface area (Å²) in [6.45, 7) is 3.01. The number of nitrogens with zero attached hydrogens (tertiary/aromatic N) is 3. The van der Waals surface area contributed by atoms with Crippen molar-refractivity contribution in [2.24, 2.45) is 0 Å². The van der Waals surface area contributed by atoms with Crippen LogP contribution in [0.5, 0.6) is 0 Å². The van der Waals surface area contributed by atoms with E-state index < -0.39 is 35.4 Å². The summed E-state index contributed by atoms with van der Waals surface area (Å²) in [6, 6.07) is 1.97. The van der Waals surface area contributed by atoms with Gasteiger partial charge in [-0.3, -0.25) is 4.57 Å². The van der Waals surface area contributed by atoms with Crippen LogP contribution >= 0.6 is 0 Å². The molecule has 23 heavy (non-hydrogen) atoms. The number of rotatable bonds is 4. The fourth-order valence-electron chi connectivity index (χ4n) is 2.78. The van der Waals surface area contributed by atoms with E-state index in [1.54, 1.807) is 0 Å². The number of allylic oxidation sites excluding steroid dienone is 1. The number of halogens is 4. The molecule has 0 amide bonds. The molecule has 0 aliphatic carbocycles. The SMILES string of the molecule is C=C(F)CCn1nc2n(c1=O)[C@H](c1cc(F)cc(F)c1)CC2F. The molecule has 0 saturated carbocycles. The zero-order valence-electron chi connectivity index (χ0n) is 12.0. The first-order chi connectivity index (χ1) is 10.9. The van der Waals surface area contributed by atoms with Crippen LogP contribution in [-0.4, -0.2) is 14.3 Å². The smallest absolute Gasteiger partial charge is 0.269 e. The number of benzene rings is 1. The molecule has 0 fully saturated rings. The molecule has 122 valence electrons. The topological polar surface area (TPSA) is 39.8 Å². The highest BCUT2D eigenvalue weighted by Gasteiger charge is 2.37. The van der Waals surface area contributed by atoms with Crippen LogP contribution in [0.4, 0.5) is 17.6 Å². The van der Waals surface area contributed by atoms with Crippen molar-refractivity contribution in [2.45, 2.75) is 31.6 Å². The maximum Gasteiger partial charge on any atom is 0.346 e. The fourth-order valence-corrected chi connectivity index (χ4v) is 2.78. The number of alkyl halides is 1. The zero-order chi connectivity index (χ0) is 16.7. The summed E-state index contributed by atoms with van der Waals surface area (Å²) in [5.41, 5.74) is -0.489. The molecule has 1 aromatic carbocycles. The van der Waals surface area contributed by atoms with Gasteiger partial charge in [-0.15, -0.1) is 0 Å². The quantitative estimate of drug-likeness (QED) is 0.809. The van der Waals surface area contributed by atoms with E-state index in [-0.39, 0.29) is 30.8 Å². The molecule has 3 rings (SSSR count). The van der Waals surface area contributed by atoms with Gasteiger partial charge >= 0.3 is 5.69 Å². The Kier molecular flexibility index (Phi) is 3.83. The summed E-state index contributed by atoms with van der Waals surface area (Å²) in [6.07, 6.45) is -1.78. The predicted octanol–water partition coefficient (Wildman–Crippen LogP) is 3.20. The largest absolute Gasteiger partial charge is 0.346 e. The maximum atomic E-state index is 14.1. The molecule has 4 nitrogen and oxygen atoms in total. The van der Waals surface area contributed by atoms with Gasteiger partial charge in [-0.05, 0) is 17.7 Å². The van der Waals surface area contributed by atoms with E-state index in [9.17, 15) is 22.4 Å². The lowest BCUT2D eigenvalue weighted by molar-refractivity contribution is 0.321. The Morgan fingerprint density at radius 1 is 1.30 bits per heavy atom. The van der Waals surface area contributed by atoms with Gasteiger partial charge in [-0.2, -0.15) is 5.10 Å². The van der Waals surface area contributed by atoms with E-state index in [4.69, 9.17) is 0 Å². The van der Waals surface area contributed by atoms with Crippen LogP contribution in [0.1, 0.15) is 36.4 Å². The highest BCUT2D eigenvalue weighted by Crippen LogP contribution is 2.38. The lowest BCUT2D eigenvalue weighted by atomic mass is 10.0. The van der Waals surface area contributed by atoms with Gasteiger partial charge in [0.1, 0.15) is 11.6 Å². The van der Waals surface area contributed by atoms with Crippen molar-refractivity contribution in [3.8, 4) is 0 Å². The van der Waals surface area contributed by atoms with E-state index in [2.05, 4.69) is 11.7 Å². The van der Waals surface area contributed by atoms with E-state index in [1.165, 1.54) is 0 Å². The minimum atomic E-state index is -1.53. The molecule has 1 aromatic heterocycles. The van der Waals surface area contributed by atoms with E-state index in [0.717, 1.165) is 21.4 Å². The Bertz CT molecular complexity index is 806. The average Bonchev–Trinajstić information content (AvgIpc) is 2.95. The summed E-state index contributed by atoms with van der Waals surface area (Å²) in [7, 11) is 0. The van der Waals surface area contributed by atoms with Gasteiger partial charge in [0, 0.05) is 18.9 Å². The van der Waals surface area contributed by atoms with Crippen LogP contribution in [0.15, 0.2) is 35.4 Å². The maximum absolute atomic E-state index is 14.1. The molecule has 0 saturated heterocycles. The molecule has 2 heterocycles. The van der Waals surface area contributed by atoms with Gasteiger partial charge in [0.25, 0.3) is 0 Å². The molecule has 1 unspecified atom stereocenters. The molecular formula is C15H13F4N3O. The van der Waals surface area contributed by atoms with E-state index in [1.807, 2.05) is 0 Å². The zero-order valence-corrected chi connectivity index (χ0v) is 12.0. The van der Waals surface area contributed by atoms with Crippen LogP contribution < -0.4 is 5.69 Å². The molecule has 1 aliphatic heterocycles. The lowest BCUT2D eigenvalue weighted by Gasteiger charge is -2.12. The van der Waals surface area contributed by atoms with Crippen molar-refractivity contribution in [3.05, 3.63) is 64.1 Å². The second-order valence-electron chi connectivity index (χ2n) is 5.42. The Hall–Kier alpha value is -2.38. The molecule has 0 radical (unpaired) electrons. The summed E-state index contributed by atoms with van der Waals surface area (Å²) >= 11 is 0. The molecule has 0 bridgehead atoms. The van der Waals surface area contributed by atoms with Crippen molar-refractivity contribution in [3.63, 3.8) is 0 Å². The summed E-state index contributed by atoms with van der Waals surface area (Å²) in [5, 5.41) is 3.86. The molecule has 8 heteroatoms. The first-order valence-electron chi connectivity index (χ1n) is 6.99. The normalized spacial score (nSPS) is 19.8. The number of aryl methyl sites for hydroxylation is 1. The van der Waals surface area contributed by atoms with Gasteiger partial charge in [0.15, 0.2) is 12.0 Å². The van der Waals surface area contributed by atoms with Crippen LogP contribution in [0.25, 0.3) is 0 Å². The van der Waals surface area contributed by atoms with Gasteiger partial charge in [0.05, 0.1) is 18.4 Å². The standard InChI is InChI=1S/C15H13F4N3O/c1-8(16)2-3-21-15(23)22-13(7-12(19)14(22)20-21)9-4-10(17)6-11(18)5-9/h4-6,12-13H,1-3,7H2/t12?,13-/m0/s1. The third kappa shape index (κ3) is 2.80. The van der Waals surface area contributed by atoms with Crippen molar-refractivity contribution >= 4 is 0 Å². The average molecular weight is 327 g/mol. The van der Waals surface area contributed by atoms with Gasteiger partial charge in [-0.25, -0.2) is 27.0 Å². The number of aromatic nitrogens is 3. The highest BCUT2D eigenvalue weighted by molar-refractivity contribution is 5.25. The van der Waals surface area contributed by atoms with Gasteiger partial charge in [-0.1, -0.05) is 6.58 Å². The first kappa shape index (κ1) is 15.5. The van der Waals surface area contributed by atoms with Crippen molar-refractivity contribution in [2.75, 3.05) is 0 Å². The predicted molar refractivity (Wildman–Crippen MR) is 74.3 cm³/mol. The number of hydrogen-bond donors (Lipinski definition) is 0. The summed E-state index contributed by atoms with van der Waals surface area (Å²) in [5.74, 6) is -2.35. The highest BCUT2D eigenvalue weighted by atomic mass is 19.1. The third-order valence-corrected chi connectivity index (χ3v) is 3.78. The Labute approximate surface area is 128 Å². The summed E-state index contributed by atoms with van der Waals surface area (Å²) in [4.78, 5) is 12.3. The van der Waals surface area contributed by atoms with E-state index >= 15 is 0 Å². The van der Waals surface area contributed by atoms with Gasteiger partial charge < -0.3 is 0 Å². The van der Waals surface area contributed by atoms with Crippen LogP contribution in [0, 0.1) is 11.6 Å². The summed E-state index contributed by atoms with van der Waals surface area (Å²) < 4.78 is 55.6. The monoisotopic (exact) mass is 327 g/mol. The van der Waals surface area contributed by atoms with Crippen LogP contribution in [-0.2, 0) is 6.54 Å². The first-order valence-corrected chi connectivity index (χ1v) is 6.99. The molecule has 0 N–H and O–H groups in total. The molecule has 1 aliphatic rings. The molecule has 2 aromatic rings. The van der Waals surface area contributed by atoms with Gasteiger partial charge in [0.2, 0.25) is 0 Å². The third-order valence-electron chi connectivity index (χ3n) is 3.78.